The highest BCUT2D eigenvalue weighted by Gasteiger charge is 2.28. The highest BCUT2D eigenvalue weighted by atomic mass is 16.6. The second kappa shape index (κ2) is 8.06. The number of nitrogens with one attached hydrogen (secondary N) is 1. The van der Waals surface area contributed by atoms with Crippen LogP contribution in [0.2, 0.25) is 0 Å². The van der Waals surface area contributed by atoms with Crippen LogP contribution in [0.3, 0.4) is 0 Å². The Morgan fingerprint density at radius 3 is 2.81 bits per heavy atom. The molecule has 2 amide bonds. The molecule has 1 aromatic carbocycles. The number of benzene rings is 1. The van der Waals surface area contributed by atoms with Crippen LogP contribution in [0.15, 0.2) is 18.2 Å². The van der Waals surface area contributed by atoms with Crippen molar-refractivity contribution in [1.29, 1.82) is 0 Å². The van der Waals surface area contributed by atoms with Crippen LogP contribution in [0.25, 0.3) is 0 Å². The number of hydrogen-bond acceptors (Lipinski definition) is 5. The van der Waals surface area contributed by atoms with Crippen molar-refractivity contribution in [2.45, 2.75) is 39.2 Å². The number of para-hydroxylation sites is 1. The van der Waals surface area contributed by atoms with Gasteiger partial charge in [0.15, 0.2) is 11.5 Å². The Kier molecular flexibility index (Phi) is 5.77. The molecule has 2 heterocycles. The summed E-state index contributed by atoms with van der Waals surface area (Å²) in [6.45, 7) is 8.28. The van der Waals surface area contributed by atoms with Gasteiger partial charge < -0.3 is 24.4 Å². The van der Waals surface area contributed by atoms with Crippen molar-refractivity contribution in [2.75, 3.05) is 32.8 Å². The number of carbonyl (C=O) groups excluding carboxylic acids is 2. The molecule has 0 bridgehead atoms. The van der Waals surface area contributed by atoms with E-state index in [0.29, 0.717) is 49.9 Å². The zero-order chi connectivity index (χ0) is 19.4. The molecule has 2 aliphatic heterocycles. The molecule has 0 aliphatic carbocycles. The number of likely N-dealkylation sites (tertiary alicyclic amines) is 1. The van der Waals surface area contributed by atoms with E-state index in [-0.39, 0.29) is 17.9 Å². The maximum absolute atomic E-state index is 12.6. The summed E-state index contributed by atoms with van der Waals surface area (Å²) >= 11 is 0. The van der Waals surface area contributed by atoms with Gasteiger partial charge in [-0.2, -0.15) is 0 Å². The van der Waals surface area contributed by atoms with Crippen LogP contribution in [-0.4, -0.2) is 55.3 Å². The first-order chi connectivity index (χ1) is 12.8. The van der Waals surface area contributed by atoms with Crippen LogP contribution in [0.5, 0.6) is 11.5 Å². The SMILES string of the molecule is CC(C)(C)OC(=O)N1CCC[C@H](CNC(=O)c2cccc3c2OCCO3)C1. The van der Waals surface area contributed by atoms with Gasteiger partial charge in [-0.05, 0) is 51.7 Å². The van der Waals surface area contributed by atoms with Crippen molar-refractivity contribution >= 4 is 12.0 Å². The standard InChI is InChI=1S/C20H28N2O5/c1-20(2,3)27-19(24)22-9-5-6-14(13-22)12-21-18(23)15-7-4-8-16-17(15)26-11-10-25-16/h4,7-8,14H,5-6,9-13H2,1-3H3,(H,21,23)/t14-/m1/s1. The minimum atomic E-state index is -0.507. The van der Waals surface area contributed by atoms with Crippen molar-refractivity contribution in [3.8, 4) is 11.5 Å². The molecule has 1 fully saturated rings. The Bertz CT molecular complexity index is 698. The second-order valence-corrected chi connectivity index (χ2v) is 7.97. The molecule has 2 aliphatic rings. The maximum Gasteiger partial charge on any atom is 0.410 e. The molecule has 0 unspecified atom stereocenters. The molecule has 148 valence electrons. The second-order valence-electron chi connectivity index (χ2n) is 7.97. The lowest BCUT2D eigenvalue weighted by atomic mass is 9.98. The molecule has 3 rings (SSSR count). The van der Waals surface area contributed by atoms with E-state index in [1.165, 1.54) is 0 Å². The van der Waals surface area contributed by atoms with E-state index in [4.69, 9.17) is 14.2 Å². The molecular formula is C20H28N2O5. The highest BCUT2D eigenvalue weighted by Crippen LogP contribution is 2.33. The Morgan fingerprint density at radius 1 is 1.26 bits per heavy atom. The topological polar surface area (TPSA) is 77.1 Å². The van der Waals surface area contributed by atoms with Gasteiger partial charge in [0.1, 0.15) is 18.8 Å². The lowest BCUT2D eigenvalue weighted by Gasteiger charge is -2.34. The van der Waals surface area contributed by atoms with Gasteiger partial charge in [-0.1, -0.05) is 6.07 Å². The summed E-state index contributed by atoms with van der Waals surface area (Å²) in [6.07, 6.45) is 1.57. The minimum absolute atomic E-state index is 0.188. The molecule has 0 spiro atoms. The van der Waals surface area contributed by atoms with E-state index in [9.17, 15) is 9.59 Å². The van der Waals surface area contributed by atoms with Crippen LogP contribution in [0, 0.1) is 5.92 Å². The summed E-state index contributed by atoms with van der Waals surface area (Å²) in [5.41, 5.74) is -0.0285. The van der Waals surface area contributed by atoms with E-state index in [1.807, 2.05) is 20.8 Å². The smallest absolute Gasteiger partial charge is 0.410 e. The summed E-state index contributed by atoms with van der Waals surface area (Å²) in [6, 6.07) is 5.31. The third-order valence-corrected chi connectivity index (χ3v) is 4.53. The normalized spacial score (nSPS) is 19.4. The van der Waals surface area contributed by atoms with Crippen molar-refractivity contribution < 1.29 is 23.8 Å². The van der Waals surface area contributed by atoms with E-state index in [2.05, 4.69) is 5.32 Å². The Balaban J connectivity index is 1.55. The molecule has 1 aromatic rings. The fourth-order valence-electron chi connectivity index (χ4n) is 3.31. The number of fused-ring (bicyclic) bond motifs is 1. The van der Waals surface area contributed by atoms with Gasteiger partial charge in [0.05, 0.1) is 5.56 Å². The third kappa shape index (κ3) is 5.05. The molecule has 0 saturated carbocycles. The van der Waals surface area contributed by atoms with E-state index in [1.54, 1.807) is 23.1 Å². The number of ether oxygens (including phenoxy) is 3. The monoisotopic (exact) mass is 376 g/mol. The van der Waals surface area contributed by atoms with Gasteiger partial charge in [-0.15, -0.1) is 0 Å². The van der Waals surface area contributed by atoms with E-state index >= 15 is 0 Å². The molecule has 1 saturated heterocycles. The number of amides is 2. The highest BCUT2D eigenvalue weighted by molar-refractivity contribution is 5.97. The van der Waals surface area contributed by atoms with Gasteiger partial charge in [0.25, 0.3) is 5.91 Å². The van der Waals surface area contributed by atoms with Gasteiger partial charge in [-0.3, -0.25) is 4.79 Å². The molecule has 7 heteroatoms. The first kappa shape index (κ1) is 19.3. The van der Waals surface area contributed by atoms with Crippen molar-refractivity contribution in [3.63, 3.8) is 0 Å². The van der Waals surface area contributed by atoms with Crippen LogP contribution < -0.4 is 14.8 Å². The number of carbonyl (C=O) groups is 2. The molecule has 0 radical (unpaired) electrons. The van der Waals surface area contributed by atoms with Gasteiger partial charge in [0.2, 0.25) is 0 Å². The van der Waals surface area contributed by atoms with Gasteiger partial charge >= 0.3 is 6.09 Å². The molecule has 7 nitrogen and oxygen atoms in total. The molecule has 0 aromatic heterocycles. The summed E-state index contributed by atoms with van der Waals surface area (Å²) in [5, 5.41) is 2.97. The van der Waals surface area contributed by atoms with Crippen LogP contribution in [0.4, 0.5) is 4.79 Å². The fraction of sp³-hybridized carbons (Fsp3) is 0.600. The molecule has 1 N–H and O–H groups in total. The zero-order valence-corrected chi connectivity index (χ0v) is 16.2. The minimum Gasteiger partial charge on any atom is -0.486 e. The van der Waals surface area contributed by atoms with E-state index in [0.717, 1.165) is 12.8 Å². The number of hydrogen-bond donors (Lipinski definition) is 1. The van der Waals surface area contributed by atoms with Crippen LogP contribution >= 0.6 is 0 Å². The summed E-state index contributed by atoms with van der Waals surface area (Å²) in [7, 11) is 0. The van der Waals surface area contributed by atoms with Gasteiger partial charge in [0, 0.05) is 19.6 Å². The average molecular weight is 376 g/mol. The lowest BCUT2D eigenvalue weighted by molar-refractivity contribution is 0.0167. The Labute approximate surface area is 160 Å². The largest absolute Gasteiger partial charge is 0.486 e. The van der Waals surface area contributed by atoms with Crippen LogP contribution in [0.1, 0.15) is 44.0 Å². The van der Waals surface area contributed by atoms with Crippen LogP contribution in [-0.2, 0) is 4.74 Å². The predicted octanol–water partition coefficient (Wildman–Crippen LogP) is 2.83. The number of rotatable bonds is 3. The zero-order valence-electron chi connectivity index (χ0n) is 16.2. The first-order valence-corrected chi connectivity index (χ1v) is 9.48. The first-order valence-electron chi connectivity index (χ1n) is 9.48. The molecular weight excluding hydrogens is 348 g/mol. The van der Waals surface area contributed by atoms with E-state index < -0.39 is 5.60 Å². The lowest BCUT2D eigenvalue weighted by Crippen LogP contribution is -2.45. The summed E-state index contributed by atoms with van der Waals surface area (Å²) in [5.74, 6) is 1.11. The maximum atomic E-state index is 12.6. The van der Waals surface area contributed by atoms with Crippen molar-refractivity contribution in [2.24, 2.45) is 5.92 Å². The Morgan fingerprint density at radius 2 is 2.04 bits per heavy atom. The molecule has 27 heavy (non-hydrogen) atoms. The van der Waals surface area contributed by atoms with Crippen molar-refractivity contribution in [3.05, 3.63) is 23.8 Å². The average Bonchev–Trinajstić information content (AvgIpc) is 2.64. The molecule has 1 atom stereocenters. The number of nitrogens with zero attached hydrogens (tertiary/aromatic N) is 1. The summed E-state index contributed by atoms with van der Waals surface area (Å²) in [4.78, 5) is 26.6. The Hall–Kier alpha value is -2.44. The van der Waals surface area contributed by atoms with Crippen molar-refractivity contribution in [1.82, 2.24) is 10.2 Å². The number of piperidine rings is 1. The van der Waals surface area contributed by atoms with Gasteiger partial charge in [-0.25, -0.2) is 4.79 Å². The predicted molar refractivity (Wildman–Crippen MR) is 100 cm³/mol. The summed E-state index contributed by atoms with van der Waals surface area (Å²) < 4.78 is 16.6. The quantitative estimate of drug-likeness (QED) is 0.878. The third-order valence-electron chi connectivity index (χ3n) is 4.53. The fourth-order valence-corrected chi connectivity index (χ4v) is 3.31.